The van der Waals surface area contributed by atoms with Crippen molar-refractivity contribution in [1.82, 2.24) is 0 Å². The zero-order valence-corrected chi connectivity index (χ0v) is 14.5. The molecule has 0 amide bonds. The first-order chi connectivity index (χ1) is 9.53. The molecule has 0 unspecified atom stereocenters. The molecule has 1 aromatic carbocycles. The lowest BCUT2D eigenvalue weighted by Gasteiger charge is -2.33. The molecule has 0 spiro atoms. The Balaban J connectivity index is 2.69. The molecule has 116 valence electrons. The lowest BCUT2D eigenvalue weighted by atomic mass is 10.1. The number of halogens is 1. The highest BCUT2D eigenvalue weighted by atomic mass is 28.4. The molecule has 0 aromatic heterocycles. The van der Waals surface area contributed by atoms with E-state index in [0.717, 1.165) is 5.56 Å². The summed E-state index contributed by atoms with van der Waals surface area (Å²) in [5.41, 5.74) is 1.46. The van der Waals surface area contributed by atoms with Gasteiger partial charge in [0.05, 0.1) is 0 Å². The van der Waals surface area contributed by atoms with E-state index in [-0.39, 0.29) is 10.9 Å². The molecule has 0 heterocycles. The maximum absolute atomic E-state index is 12.8. The van der Waals surface area contributed by atoms with Gasteiger partial charge in [0, 0.05) is 6.08 Å². The van der Waals surface area contributed by atoms with Crippen LogP contribution in [0.25, 0.3) is 5.57 Å². The molecule has 3 nitrogen and oxygen atoms in total. The Labute approximate surface area is 126 Å². The van der Waals surface area contributed by atoms with Crippen molar-refractivity contribution >= 4 is 19.9 Å². The van der Waals surface area contributed by atoms with Crippen molar-refractivity contribution < 1.29 is 18.6 Å². The second kappa shape index (κ2) is 6.53. The Kier molecular flexibility index (Phi) is 5.47. The molecule has 0 radical (unpaired) electrons. The van der Waals surface area contributed by atoms with Crippen LogP contribution in [0, 0.1) is 5.82 Å². The molecular formula is C16H23FO3Si. The molecule has 5 heteroatoms. The third-order valence-corrected chi connectivity index (χ3v) is 7.88. The van der Waals surface area contributed by atoms with Gasteiger partial charge in [-0.2, -0.15) is 0 Å². The first-order valence-corrected chi connectivity index (χ1v) is 9.77. The number of carbonyl (C=O) groups excluding carboxylic acids is 1. The molecule has 0 aliphatic heterocycles. The number of allylic oxidation sites excluding steroid dienone is 1. The molecule has 1 rings (SSSR count). The van der Waals surface area contributed by atoms with Crippen LogP contribution in [-0.2, 0) is 14.3 Å². The van der Waals surface area contributed by atoms with Crippen LogP contribution in [0.1, 0.15) is 33.3 Å². The number of hydrogen-bond acceptors (Lipinski definition) is 3. The topological polar surface area (TPSA) is 35.5 Å². The predicted molar refractivity (Wildman–Crippen MR) is 84.4 cm³/mol. The Morgan fingerprint density at radius 2 is 1.71 bits per heavy atom. The van der Waals surface area contributed by atoms with Gasteiger partial charge in [0.15, 0.2) is 0 Å². The average Bonchev–Trinajstić information content (AvgIpc) is 2.36. The molecule has 1 aromatic rings. The average molecular weight is 310 g/mol. The van der Waals surface area contributed by atoms with Crippen LogP contribution in [0.4, 0.5) is 4.39 Å². The van der Waals surface area contributed by atoms with E-state index < -0.39 is 14.3 Å². The SMILES string of the molecule is CC(=CC(=O)OO[Si](C)(C)C(C)(C)C)c1ccc(F)cc1. The minimum absolute atomic E-state index is 0.0387. The molecule has 0 saturated heterocycles. The number of rotatable bonds is 4. The third kappa shape index (κ3) is 5.10. The Bertz CT molecular complexity index is 527. The van der Waals surface area contributed by atoms with Crippen LogP contribution < -0.4 is 0 Å². The minimum Gasteiger partial charge on any atom is -0.305 e. The first-order valence-electron chi connectivity index (χ1n) is 6.87. The number of hydrogen-bond donors (Lipinski definition) is 0. The summed E-state index contributed by atoms with van der Waals surface area (Å²) in [6, 6.07) is 5.93. The summed E-state index contributed by atoms with van der Waals surface area (Å²) in [5.74, 6) is -0.864. The van der Waals surface area contributed by atoms with Crippen molar-refractivity contribution in [2.45, 2.75) is 45.8 Å². The Morgan fingerprint density at radius 1 is 1.19 bits per heavy atom. The lowest BCUT2D eigenvalue weighted by Crippen LogP contribution is -2.41. The van der Waals surface area contributed by atoms with Crippen LogP contribution in [0.5, 0.6) is 0 Å². The van der Waals surface area contributed by atoms with Gasteiger partial charge in [-0.1, -0.05) is 32.9 Å². The van der Waals surface area contributed by atoms with Gasteiger partial charge in [-0.15, -0.1) is 0 Å². The van der Waals surface area contributed by atoms with Crippen LogP contribution in [0.3, 0.4) is 0 Å². The van der Waals surface area contributed by atoms with Crippen LogP contribution >= 0.6 is 0 Å². The summed E-state index contributed by atoms with van der Waals surface area (Å²) in [4.78, 5) is 16.7. The fourth-order valence-electron chi connectivity index (χ4n) is 1.27. The van der Waals surface area contributed by atoms with Gasteiger partial charge in [0.25, 0.3) is 8.32 Å². The molecule has 0 aliphatic carbocycles. The van der Waals surface area contributed by atoms with E-state index in [1.165, 1.54) is 18.2 Å². The second-order valence-corrected chi connectivity index (χ2v) is 11.3. The van der Waals surface area contributed by atoms with E-state index in [4.69, 9.17) is 9.46 Å². The maximum atomic E-state index is 12.8. The summed E-state index contributed by atoms with van der Waals surface area (Å²) in [7, 11) is -2.13. The summed E-state index contributed by atoms with van der Waals surface area (Å²) >= 11 is 0. The fraction of sp³-hybridized carbons (Fsp3) is 0.438. The van der Waals surface area contributed by atoms with E-state index in [1.807, 2.05) is 13.1 Å². The Morgan fingerprint density at radius 3 is 2.19 bits per heavy atom. The van der Waals surface area contributed by atoms with Crippen molar-refractivity contribution in [2.75, 3.05) is 0 Å². The van der Waals surface area contributed by atoms with E-state index in [0.29, 0.717) is 5.57 Å². The highest BCUT2D eigenvalue weighted by Crippen LogP contribution is 2.36. The molecule has 21 heavy (non-hydrogen) atoms. The highest BCUT2D eigenvalue weighted by molar-refractivity contribution is 6.73. The fourth-order valence-corrected chi connectivity index (χ4v) is 1.81. The van der Waals surface area contributed by atoms with Gasteiger partial charge in [0.2, 0.25) is 0 Å². The molecular weight excluding hydrogens is 287 g/mol. The van der Waals surface area contributed by atoms with Gasteiger partial charge in [-0.3, -0.25) is 0 Å². The molecule has 0 bridgehead atoms. The first kappa shape index (κ1) is 17.6. The van der Waals surface area contributed by atoms with Crippen LogP contribution in [0.2, 0.25) is 18.1 Å². The van der Waals surface area contributed by atoms with Crippen molar-refractivity contribution in [3.8, 4) is 0 Å². The molecule has 0 N–H and O–H groups in total. The van der Waals surface area contributed by atoms with Gasteiger partial charge in [-0.05, 0) is 48.3 Å². The smallest absolute Gasteiger partial charge is 0.305 e. The standard InChI is InChI=1S/C16H23FO3Si/c1-12(13-7-9-14(17)10-8-13)11-15(18)19-20-21(5,6)16(2,3)4/h7-11H,1-6H3. The summed E-state index contributed by atoms with van der Waals surface area (Å²) in [6.45, 7) is 11.9. The summed E-state index contributed by atoms with van der Waals surface area (Å²) in [5, 5.41) is -0.0387. The van der Waals surface area contributed by atoms with Crippen molar-refractivity contribution in [2.24, 2.45) is 0 Å². The van der Waals surface area contributed by atoms with Crippen molar-refractivity contribution in [3.63, 3.8) is 0 Å². The monoisotopic (exact) mass is 310 g/mol. The normalized spacial score (nSPS) is 13.2. The highest BCUT2D eigenvalue weighted by Gasteiger charge is 2.40. The summed E-state index contributed by atoms with van der Waals surface area (Å²) < 4.78 is 18.2. The lowest BCUT2D eigenvalue weighted by molar-refractivity contribution is -0.215. The van der Waals surface area contributed by atoms with E-state index in [1.54, 1.807) is 19.1 Å². The predicted octanol–water partition coefficient (Wildman–Crippen LogP) is 4.71. The zero-order valence-electron chi connectivity index (χ0n) is 13.5. The third-order valence-electron chi connectivity index (χ3n) is 3.77. The second-order valence-electron chi connectivity index (χ2n) is 6.58. The molecule has 0 saturated carbocycles. The number of benzene rings is 1. The Hall–Kier alpha value is -1.46. The van der Waals surface area contributed by atoms with Gasteiger partial charge < -0.3 is 4.89 Å². The van der Waals surface area contributed by atoms with Crippen molar-refractivity contribution in [3.05, 3.63) is 41.7 Å². The van der Waals surface area contributed by atoms with E-state index >= 15 is 0 Å². The number of carbonyl (C=O) groups is 1. The minimum atomic E-state index is -2.13. The summed E-state index contributed by atoms with van der Waals surface area (Å²) in [6.07, 6.45) is 1.35. The molecule has 0 fully saturated rings. The van der Waals surface area contributed by atoms with Crippen LogP contribution in [-0.4, -0.2) is 14.3 Å². The molecule has 0 atom stereocenters. The van der Waals surface area contributed by atoms with Crippen molar-refractivity contribution in [1.29, 1.82) is 0 Å². The zero-order chi connectivity index (χ0) is 16.3. The van der Waals surface area contributed by atoms with Gasteiger partial charge in [-0.25, -0.2) is 13.8 Å². The quantitative estimate of drug-likeness (QED) is 0.350. The van der Waals surface area contributed by atoms with E-state index in [9.17, 15) is 9.18 Å². The maximum Gasteiger partial charge on any atom is 0.364 e. The van der Waals surface area contributed by atoms with Crippen LogP contribution in [0.15, 0.2) is 30.3 Å². The van der Waals surface area contributed by atoms with Gasteiger partial charge in [0.1, 0.15) is 5.82 Å². The van der Waals surface area contributed by atoms with Gasteiger partial charge >= 0.3 is 5.97 Å². The largest absolute Gasteiger partial charge is 0.364 e. The van der Waals surface area contributed by atoms with E-state index in [2.05, 4.69) is 20.8 Å². The molecule has 0 aliphatic rings.